The zero-order valence-electron chi connectivity index (χ0n) is 15.2. The minimum atomic E-state index is -0.294. The molecular formula is C18H26ClN5O2. The fourth-order valence-electron chi connectivity index (χ4n) is 3.03. The van der Waals surface area contributed by atoms with Gasteiger partial charge in [0.25, 0.3) is 0 Å². The molecule has 1 atom stereocenters. The molecule has 0 saturated carbocycles. The zero-order valence-corrected chi connectivity index (χ0v) is 16.0. The van der Waals surface area contributed by atoms with Crippen molar-refractivity contribution < 1.29 is 9.53 Å². The molecule has 0 aliphatic carbocycles. The van der Waals surface area contributed by atoms with Crippen LogP contribution in [0.25, 0.3) is 0 Å². The van der Waals surface area contributed by atoms with E-state index < -0.39 is 0 Å². The molecule has 0 fully saturated rings. The van der Waals surface area contributed by atoms with Crippen LogP contribution in [0.5, 0.6) is 0 Å². The number of carbonyl (C=O) groups is 1. The van der Waals surface area contributed by atoms with Crippen LogP contribution >= 0.6 is 12.4 Å². The molecule has 0 bridgehead atoms. The summed E-state index contributed by atoms with van der Waals surface area (Å²) in [7, 11) is 0. The van der Waals surface area contributed by atoms with Crippen molar-refractivity contribution in [1.29, 1.82) is 0 Å². The van der Waals surface area contributed by atoms with Gasteiger partial charge in [-0.3, -0.25) is 9.67 Å². The normalized spacial score (nSPS) is 15.8. The highest BCUT2D eigenvalue weighted by atomic mass is 35.5. The summed E-state index contributed by atoms with van der Waals surface area (Å²) < 4.78 is 7.02. The molecule has 2 N–H and O–H groups in total. The average Bonchev–Trinajstić information content (AvgIpc) is 2.97. The number of halogens is 1. The molecule has 0 unspecified atom stereocenters. The number of fused-ring (bicyclic) bond motifs is 1. The fraction of sp³-hybridized carbons (Fsp3) is 0.500. The Balaban J connectivity index is 0.00000243. The highest BCUT2D eigenvalue weighted by Crippen LogP contribution is 2.21. The highest BCUT2D eigenvalue weighted by Gasteiger charge is 2.27. The second kappa shape index (κ2) is 9.66. The molecule has 8 heteroatoms. The highest BCUT2D eigenvalue weighted by molar-refractivity contribution is 5.89. The van der Waals surface area contributed by atoms with Crippen LogP contribution in [-0.4, -0.2) is 39.9 Å². The zero-order chi connectivity index (χ0) is 17.6. The molecule has 0 spiro atoms. The Kier molecular flexibility index (Phi) is 7.56. The van der Waals surface area contributed by atoms with E-state index in [1.807, 2.05) is 25.1 Å². The Hall–Kier alpha value is -1.96. The lowest BCUT2D eigenvalue weighted by atomic mass is 10.0. The van der Waals surface area contributed by atoms with Crippen LogP contribution in [0.15, 0.2) is 24.4 Å². The SMILES string of the molecule is CCOC(=O)c1c2c(nn1CCNCc1ccccn1)C[C@@H](C)NC2.Cl. The van der Waals surface area contributed by atoms with Gasteiger partial charge in [-0.05, 0) is 26.0 Å². The third-order valence-electron chi connectivity index (χ3n) is 4.26. The summed E-state index contributed by atoms with van der Waals surface area (Å²) in [5.74, 6) is -0.294. The van der Waals surface area contributed by atoms with E-state index in [1.165, 1.54) is 0 Å². The van der Waals surface area contributed by atoms with Crippen molar-refractivity contribution in [2.75, 3.05) is 13.2 Å². The summed E-state index contributed by atoms with van der Waals surface area (Å²) >= 11 is 0. The summed E-state index contributed by atoms with van der Waals surface area (Å²) in [6.07, 6.45) is 2.61. The van der Waals surface area contributed by atoms with Crippen molar-refractivity contribution in [1.82, 2.24) is 25.4 Å². The van der Waals surface area contributed by atoms with E-state index in [0.29, 0.717) is 44.5 Å². The van der Waals surface area contributed by atoms with E-state index in [-0.39, 0.29) is 18.4 Å². The number of carbonyl (C=O) groups excluding carboxylic acids is 1. The first kappa shape index (κ1) is 20.4. The second-order valence-electron chi connectivity index (χ2n) is 6.20. The van der Waals surface area contributed by atoms with Gasteiger partial charge in [-0.2, -0.15) is 5.10 Å². The molecule has 142 valence electrons. The van der Waals surface area contributed by atoms with E-state index in [4.69, 9.17) is 4.74 Å². The number of ether oxygens (including phenoxy) is 1. The van der Waals surface area contributed by atoms with Gasteiger partial charge in [0.1, 0.15) is 0 Å². The van der Waals surface area contributed by atoms with Crippen LogP contribution in [0, 0.1) is 0 Å². The van der Waals surface area contributed by atoms with E-state index in [2.05, 4.69) is 27.6 Å². The predicted molar refractivity (Wildman–Crippen MR) is 101 cm³/mol. The maximum Gasteiger partial charge on any atom is 0.356 e. The van der Waals surface area contributed by atoms with Gasteiger partial charge in [0.2, 0.25) is 0 Å². The molecule has 1 aliphatic heterocycles. The Bertz CT molecular complexity index is 720. The van der Waals surface area contributed by atoms with Crippen molar-refractivity contribution in [3.63, 3.8) is 0 Å². The Labute approximate surface area is 159 Å². The minimum Gasteiger partial charge on any atom is -0.461 e. The standard InChI is InChI=1S/C18H25N5O2.ClH/c1-3-25-18(24)17-15-12-21-13(2)10-16(15)22-23(17)9-8-19-11-14-6-4-5-7-20-14;/h4-7,13,19,21H,3,8-12H2,1-2H3;1H/t13-;/m1./s1. The van der Waals surface area contributed by atoms with Gasteiger partial charge < -0.3 is 15.4 Å². The van der Waals surface area contributed by atoms with Gasteiger partial charge in [-0.1, -0.05) is 6.07 Å². The van der Waals surface area contributed by atoms with E-state index in [0.717, 1.165) is 23.4 Å². The first-order chi connectivity index (χ1) is 12.2. The molecule has 0 aromatic carbocycles. The number of hydrogen-bond donors (Lipinski definition) is 2. The van der Waals surface area contributed by atoms with Crippen molar-refractivity contribution in [2.24, 2.45) is 0 Å². The van der Waals surface area contributed by atoms with Gasteiger partial charge in [0, 0.05) is 43.9 Å². The lowest BCUT2D eigenvalue weighted by Gasteiger charge is -2.19. The number of esters is 1. The molecule has 1 aliphatic rings. The number of nitrogens with zero attached hydrogens (tertiary/aromatic N) is 3. The Morgan fingerprint density at radius 1 is 1.46 bits per heavy atom. The van der Waals surface area contributed by atoms with Crippen LogP contribution < -0.4 is 10.6 Å². The maximum absolute atomic E-state index is 12.4. The van der Waals surface area contributed by atoms with Crippen LogP contribution in [0.1, 0.15) is 41.3 Å². The summed E-state index contributed by atoms with van der Waals surface area (Å²) in [4.78, 5) is 16.7. The lowest BCUT2D eigenvalue weighted by molar-refractivity contribution is 0.0510. The third-order valence-corrected chi connectivity index (χ3v) is 4.26. The first-order valence-electron chi connectivity index (χ1n) is 8.78. The molecular weight excluding hydrogens is 354 g/mol. The summed E-state index contributed by atoms with van der Waals surface area (Å²) in [5, 5.41) is 11.4. The molecule has 3 heterocycles. The van der Waals surface area contributed by atoms with Crippen molar-refractivity contribution in [2.45, 2.75) is 45.9 Å². The number of aromatic nitrogens is 3. The molecule has 3 rings (SSSR count). The molecule has 2 aromatic rings. The summed E-state index contributed by atoms with van der Waals surface area (Å²) in [6.45, 7) is 6.97. The molecule has 7 nitrogen and oxygen atoms in total. The molecule has 0 amide bonds. The number of nitrogens with one attached hydrogen (secondary N) is 2. The van der Waals surface area contributed by atoms with Gasteiger partial charge in [0.15, 0.2) is 5.69 Å². The van der Waals surface area contributed by atoms with Crippen LogP contribution in [0.3, 0.4) is 0 Å². The van der Waals surface area contributed by atoms with Crippen LogP contribution in [-0.2, 0) is 30.8 Å². The van der Waals surface area contributed by atoms with E-state index in [9.17, 15) is 4.79 Å². The summed E-state index contributed by atoms with van der Waals surface area (Å²) in [5.41, 5.74) is 3.54. The van der Waals surface area contributed by atoms with Crippen LogP contribution in [0.4, 0.5) is 0 Å². The molecule has 0 radical (unpaired) electrons. The van der Waals surface area contributed by atoms with Gasteiger partial charge >= 0.3 is 5.97 Å². The topological polar surface area (TPSA) is 81.1 Å². The molecule has 2 aromatic heterocycles. The van der Waals surface area contributed by atoms with Gasteiger partial charge in [-0.15, -0.1) is 12.4 Å². The van der Waals surface area contributed by atoms with Crippen molar-refractivity contribution in [3.8, 4) is 0 Å². The monoisotopic (exact) mass is 379 g/mol. The minimum absolute atomic E-state index is 0. The first-order valence-corrected chi connectivity index (χ1v) is 8.78. The fourth-order valence-corrected chi connectivity index (χ4v) is 3.03. The van der Waals surface area contributed by atoms with Crippen molar-refractivity contribution >= 4 is 18.4 Å². The largest absolute Gasteiger partial charge is 0.461 e. The maximum atomic E-state index is 12.4. The second-order valence-corrected chi connectivity index (χ2v) is 6.20. The van der Waals surface area contributed by atoms with E-state index in [1.54, 1.807) is 10.9 Å². The average molecular weight is 380 g/mol. The van der Waals surface area contributed by atoms with E-state index >= 15 is 0 Å². The van der Waals surface area contributed by atoms with Crippen LogP contribution in [0.2, 0.25) is 0 Å². The van der Waals surface area contributed by atoms with Gasteiger partial charge in [0.05, 0.1) is 24.5 Å². The Morgan fingerprint density at radius 3 is 3.04 bits per heavy atom. The predicted octanol–water partition coefficient (Wildman–Crippen LogP) is 1.70. The van der Waals surface area contributed by atoms with Crippen molar-refractivity contribution in [3.05, 3.63) is 47.0 Å². The lowest BCUT2D eigenvalue weighted by Crippen LogP contribution is -2.33. The number of hydrogen-bond acceptors (Lipinski definition) is 6. The quantitative estimate of drug-likeness (QED) is 0.563. The third kappa shape index (κ3) is 4.81. The number of pyridine rings is 1. The summed E-state index contributed by atoms with van der Waals surface area (Å²) in [6, 6.07) is 6.22. The Morgan fingerprint density at radius 2 is 2.31 bits per heavy atom. The van der Waals surface area contributed by atoms with Gasteiger partial charge in [-0.25, -0.2) is 4.79 Å². The molecule has 26 heavy (non-hydrogen) atoms. The smallest absolute Gasteiger partial charge is 0.356 e. The number of rotatable bonds is 7. The molecule has 0 saturated heterocycles.